The molecule has 3 amide bonds. The minimum absolute atomic E-state index is 0.0367. The van der Waals surface area contributed by atoms with Crippen molar-refractivity contribution in [2.45, 2.75) is 76.3 Å². The zero-order valence-corrected chi connectivity index (χ0v) is 21.9. The Morgan fingerprint density at radius 3 is 2.68 bits per heavy atom. The van der Waals surface area contributed by atoms with E-state index in [9.17, 15) is 14.4 Å². The summed E-state index contributed by atoms with van der Waals surface area (Å²) in [5.74, 6) is 0.985. The van der Waals surface area contributed by atoms with Crippen LogP contribution in [0.5, 0.6) is 0 Å². The molecule has 4 heterocycles. The fourth-order valence-electron chi connectivity index (χ4n) is 6.24. The molecule has 0 unspecified atom stereocenters. The molecule has 202 valence electrons. The second-order valence-corrected chi connectivity index (χ2v) is 11.6. The molecule has 4 aliphatic rings. The van der Waals surface area contributed by atoms with E-state index >= 15 is 0 Å². The van der Waals surface area contributed by atoms with Gasteiger partial charge in [-0.05, 0) is 62.3 Å². The number of carbonyl (C=O) groups excluding carboxylic acids is 3. The van der Waals surface area contributed by atoms with Crippen LogP contribution < -0.4 is 16.0 Å². The van der Waals surface area contributed by atoms with E-state index in [4.69, 9.17) is 4.74 Å². The summed E-state index contributed by atoms with van der Waals surface area (Å²) in [6, 6.07) is 2.75. The number of carbonyl (C=O) groups is 3. The van der Waals surface area contributed by atoms with Crippen molar-refractivity contribution in [1.29, 1.82) is 0 Å². The number of anilines is 2. The van der Waals surface area contributed by atoms with E-state index < -0.39 is 11.5 Å². The van der Waals surface area contributed by atoms with Gasteiger partial charge in [0, 0.05) is 43.8 Å². The van der Waals surface area contributed by atoms with Crippen molar-refractivity contribution >= 4 is 29.2 Å². The normalized spacial score (nSPS) is 24.9. The second kappa shape index (κ2) is 10.1. The topological polar surface area (TPSA) is 127 Å². The van der Waals surface area contributed by atoms with E-state index in [1.165, 1.54) is 0 Å². The number of ether oxygens (including phenoxy) is 1. The Morgan fingerprint density at radius 2 is 1.95 bits per heavy atom. The third kappa shape index (κ3) is 4.81. The van der Waals surface area contributed by atoms with Gasteiger partial charge in [-0.2, -0.15) is 5.10 Å². The Morgan fingerprint density at radius 1 is 1.18 bits per heavy atom. The maximum absolute atomic E-state index is 13.6. The zero-order valence-electron chi connectivity index (χ0n) is 21.9. The van der Waals surface area contributed by atoms with Gasteiger partial charge in [-0.3, -0.25) is 19.1 Å². The van der Waals surface area contributed by atoms with E-state index in [1.807, 2.05) is 0 Å². The summed E-state index contributed by atoms with van der Waals surface area (Å²) < 4.78 is 7.23. The van der Waals surface area contributed by atoms with Gasteiger partial charge in [0.05, 0.1) is 11.1 Å². The van der Waals surface area contributed by atoms with E-state index in [-0.39, 0.29) is 23.6 Å². The van der Waals surface area contributed by atoms with E-state index in [2.05, 4.69) is 33.0 Å². The van der Waals surface area contributed by atoms with Crippen LogP contribution in [0.1, 0.15) is 74.3 Å². The molecule has 3 fully saturated rings. The highest BCUT2D eigenvalue weighted by Crippen LogP contribution is 2.44. The summed E-state index contributed by atoms with van der Waals surface area (Å²) in [6.07, 6.45) is 10.7. The summed E-state index contributed by atoms with van der Waals surface area (Å²) in [7, 11) is 0. The fourth-order valence-corrected chi connectivity index (χ4v) is 6.24. The molecule has 2 aliphatic carbocycles. The largest absolute Gasteiger partial charge is 0.381 e. The number of rotatable bonds is 7. The molecule has 3 N–H and O–H groups in total. The zero-order chi connectivity index (χ0) is 26.3. The molecular formula is C28H36N6O4. The summed E-state index contributed by atoms with van der Waals surface area (Å²) in [6.45, 7) is 4.03. The van der Waals surface area contributed by atoms with Crippen LogP contribution in [0.2, 0.25) is 0 Å². The Labute approximate surface area is 222 Å². The van der Waals surface area contributed by atoms with Gasteiger partial charge in [0.25, 0.3) is 5.91 Å². The van der Waals surface area contributed by atoms with E-state index in [1.54, 1.807) is 29.2 Å². The molecule has 1 spiro atoms. The SMILES string of the molecule is C[C@H]1CC[C@H]([C@H](NC(=O)c2ccnn2CC2CC2)C(=O)Nc2cc3c(cn2)C2(CCOCC2)C(=O)N3)CC1. The lowest BCUT2D eigenvalue weighted by Crippen LogP contribution is -2.49. The van der Waals surface area contributed by atoms with Gasteiger partial charge in [0.1, 0.15) is 17.6 Å². The van der Waals surface area contributed by atoms with Crippen LogP contribution in [0.15, 0.2) is 24.5 Å². The third-order valence-corrected chi connectivity index (χ3v) is 8.88. The number of pyridine rings is 1. The first kappa shape index (κ1) is 25.0. The average molecular weight is 521 g/mol. The quantitative estimate of drug-likeness (QED) is 0.514. The van der Waals surface area contributed by atoms with Gasteiger partial charge in [-0.1, -0.05) is 19.8 Å². The highest BCUT2D eigenvalue weighted by Gasteiger charge is 2.48. The summed E-state index contributed by atoms with van der Waals surface area (Å²) >= 11 is 0. The van der Waals surface area contributed by atoms with E-state index in [0.717, 1.165) is 50.6 Å². The number of aromatic nitrogens is 3. The smallest absolute Gasteiger partial charge is 0.270 e. The van der Waals surface area contributed by atoms with Crippen LogP contribution in [0.3, 0.4) is 0 Å². The van der Waals surface area contributed by atoms with Crippen molar-refractivity contribution in [3.8, 4) is 0 Å². The first-order valence-electron chi connectivity index (χ1n) is 14.0. The van der Waals surface area contributed by atoms with Gasteiger partial charge in [-0.15, -0.1) is 0 Å². The van der Waals surface area contributed by atoms with Crippen molar-refractivity contribution in [2.75, 3.05) is 23.8 Å². The second-order valence-electron chi connectivity index (χ2n) is 11.6. The summed E-state index contributed by atoms with van der Waals surface area (Å²) in [4.78, 5) is 44.4. The summed E-state index contributed by atoms with van der Waals surface area (Å²) in [5.41, 5.74) is 1.41. The standard InChI is InChI=1S/C28H36N6O4/c1-17-2-6-19(7-3-17)24(33-25(35)22-8-11-30-34(22)16-18-4-5-18)26(36)32-23-14-21-20(15-29-23)28(27(37)31-21)9-12-38-13-10-28/h8,11,14-15,17-19,24H,2-7,9-10,12-13,16H2,1H3,(H,31,37)(H,33,35)(H,29,32,36)/t17-,19-,24-/m0/s1. The molecule has 0 aromatic carbocycles. The molecular weight excluding hydrogens is 484 g/mol. The van der Waals surface area contributed by atoms with Crippen LogP contribution >= 0.6 is 0 Å². The number of nitrogens with one attached hydrogen (secondary N) is 3. The molecule has 2 aliphatic heterocycles. The molecule has 2 aromatic heterocycles. The number of nitrogens with zero attached hydrogens (tertiary/aromatic N) is 3. The van der Waals surface area contributed by atoms with E-state index in [0.29, 0.717) is 55.1 Å². The van der Waals surface area contributed by atoms with Gasteiger partial charge in [0.15, 0.2) is 0 Å². The lowest BCUT2D eigenvalue weighted by molar-refractivity contribution is -0.124. The van der Waals surface area contributed by atoms with Crippen molar-refractivity contribution < 1.29 is 19.1 Å². The Kier molecular flexibility index (Phi) is 6.67. The summed E-state index contributed by atoms with van der Waals surface area (Å²) in [5, 5.41) is 13.3. The monoisotopic (exact) mass is 520 g/mol. The third-order valence-electron chi connectivity index (χ3n) is 8.88. The molecule has 10 nitrogen and oxygen atoms in total. The fraction of sp³-hybridized carbons (Fsp3) is 0.607. The maximum atomic E-state index is 13.6. The molecule has 10 heteroatoms. The van der Waals surface area contributed by atoms with Gasteiger partial charge >= 0.3 is 0 Å². The molecule has 6 rings (SSSR count). The van der Waals surface area contributed by atoms with Crippen molar-refractivity contribution in [1.82, 2.24) is 20.1 Å². The van der Waals surface area contributed by atoms with Crippen LogP contribution in [-0.4, -0.2) is 51.7 Å². The van der Waals surface area contributed by atoms with Crippen molar-refractivity contribution in [3.63, 3.8) is 0 Å². The Bertz CT molecular complexity index is 1220. The van der Waals surface area contributed by atoms with Crippen LogP contribution in [0.25, 0.3) is 0 Å². The maximum Gasteiger partial charge on any atom is 0.270 e. The predicted octanol–water partition coefficient (Wildman–Crippen LogP) is 3.25. The first-order chi connectivity index (χ1) is 18.4. The van der Waals surface area contributed by atoms with Crippen molar-refractivity contribution in [2.24, 2.45) is 17.8 Å². The highest BCUT2D eigenvalue weighted by molar-refractivity contribution is 6.07. The highest BCUT2D eigenvalue weighted by atomic mass is 16.5. The Hall–Kier alpha value is -3.27. The van der Waals surface area contributed by atoms with Crippen LogP contribution in [-0.2, 0) is 26.3 Å². The average Bonchev–Trinajstić information content (AvgIpc) is 3.55. The van der Waals surface area contributed by atoms with Crippen LogP contribution in [0.4, 0.5) is 11.5 Å². The molecule has 1 saturated heterocycles. The molecule has 2 aromatic rings. The van der Waals surface area contributed by atoms with Crippen LogP contribution in [0, 0.1) is 17.8 Å². The minimum atomic E-state index is -0.689. The van der Waals surface area contributed by atoms with Gasteiger partial charge < -0.3 is 20.7 Å². The lowest BCUT2D eigenvalue weighted by Gasteiger charge is -2.32. The molecule has 0 bridgehead atoms. The molecule has 0 radical (unpaired) electrons. The molecule has 38 heavy (non-hydrogen) atoms. The molecule has 1 atom stereocenters. The lowest BCUT2D eigenvalue weighted by atomic mass is 9.76. The first-order valence-corrected chi connectivity index (χ1v) is 14.0. The van der Waals surface area contributed by atoms with Crippen molar-refractivity contribution in [3.05, 3.63) is 35.8 Å². The number of amides is 3. The minimum Gasteiger partial charge on any atom is -0.381 e. The number of fused-ring (bicyclic) bond motifs is 2. The molecule has 2 saturated carbocycles. The number of hydrogen-bond donors (Lipinski definition) is 3. The van der Waals surface area contributed by atoms with Gasteiger partial charge in [-0.25, -0.2) is 4.98 Å². The van der Waals surface area contributed by atoms with Gasteiger partial charge in [0.2, 0.25) is 11.8 Å². The Balaban J connectivity index is 1.20. The number of hydrogen-bond acceptors (Lipinski definition) is 6. The predicted molar refractivity (Wildman–Crippen MR) is 141 cm³/mol.